The van der Waals surface area contributed by atoms with Gasteiger partial charge in [-0.3, -0.25) is 9.59 Å². The van der Waals surface area contributed by atoms with Crippen molar-refractivity contribution in [2.45, 2.75) is 32.9 Å². The van der Waals surface area contributed by atoms with Crippen LogP contribution in [-0.2, 0) is 16.1 Å². The summed E-state index contributed by atoms with van der Waals surface area (Å²) in [7, 11) is 0. The van der Waals surface area contributed by atoms with E-state index in [1.54, 1.807) is 31.2 Å². The number of halogens is 2. The normalized spacial score (nSPS) is 11.6. The van der Waals surface area contributed by atoms with Crippen LogP contribution in [-0.4, -0.2) is 35.9 Å². The largest absolute Gasteiger partial charge is 0.484 e. The molecule has 0 radical (unpaired) electrons. The van der Waals surface area contributed by atoms with Crippen molar-refractivity contribution in [1.29, 1.82) is 0 Å². The van der Waals surface area contributed by atoms with E-state index in [-0.39, 0.29) is 30.8 Å². The van der Waals surface area contributed by atoms with Crippen molar-refractivity contribution >= 4 is 27.7 Å². The lowest BCUT2D eigenvalue weighted by Gasteiger charge is -2.28. The summed E-state index contributed by atoms with van der Waals surface area (Å²) in [4.78, 5) is 26.6. The first-order chi connectivity index (χ1) is 13.4. The van der Waals surface area contributed by atoms with Gasteiger partial charge in [0.25, 0.3) is 5.91 Å². The molecule has 0 aromatic heterocycles. The van der Waals surface area contributed by atoms with Crippen LogP contribution < -0.4 is 10.1 Å². The van der Waals surface area contributed by atoms with Crippen molar-refractivity contribution in [2.75, 3.05) is 13.2 Å². The van der Waals surface area contributed by atoms with Crippen molar-refractivity contribution in [3.05, 3.63) is 64.4 Å². The topological polar surface area (TPSA) is 58.6 Å². The van der Waals surface area contributed by atoms with Crippen molar-refractivity contribution < 1.29 is 18.7 Å². The molecule has 5 nitrogen and oxygen atoms in total. The Morgan fingerprint density at radius 3 is 2.39 bits per heavy atom. The molecule has 0 aliphatic heterocycles. The standard InChI is InChI=1S/C21H24BrFN2O3/c1-3-12-24-21(27)15(2)25(13-16-4-8-18(23)9-5-16)20(26)14-28-19-10-6-17(22)7-11-19/h4-11,15H,3,12-14H2,1-2H3,(H,24,27). The van der Waals surface area contributed by atoms with E-state index in [2.05, 4.69) is 21.2 Å². The Bertz CT molecular complexity index is 781. The fourth-order valence-electron chi connectivity index (χ4n) is 2.52. The molecule has 0 aliphatic carbocycles. The van der Waals surface area contributed by atoms with Crippen LogP contribution in [0.2, 0.25) is 0 Å². The van der Waals surface area contributed by atoms with Crippen LogP contribution >= 0.6 is 15.9 Å². The van der Waals surface area contributed by atoms with Gasteiger partial charge in [0.1, 0.15) is 17.6 Å². The number of hydrogen-bond acceptors (Lipinski definition) is 3. The lowest BCUT2D eigenvalue weighted by molar-refractivity contribution is -0.142. The van der Waals surface area contributed by atoms with E-state index in [0.29, 0.717) is 12.3 Å². The van der Waals surface area contributed by atoms with Gasteiger partial charge in [-0.05, 0) is 55.3 Å². The van der Waals surface area contributed by atoms with Crippen LogP contribution in [0, 0.1) is 5.82 Å². The van der Waals surface area contributed by atoms with Gasteiger partial charge in [0.2, 0.25) is 5.91 Å². The molecule has 2 aromatic rings. The smallest absolute Gasteiger partial charge is 0.261 e. The van der Waals surface area contributed by atoms with E-state index < -0.39 is 6.04 Å². The molecule has 0 heterocycles. The van der Waals surface area contributed by atoms with E-state index in [0.717, 1.165) is 16.5 Å². The lowest BCUT2D eigenvalue weighted by Crippen LogP contribution is -2.49. The van der Waals surface area contributed by atoms with Gasteiger partial charge < -0.3 is 15.0 Å². The quantitative estimate of drug-likeness (QED) is 0.629. The van der Waals surface area contributed by atoms with E-state index in [4.69, 9.17) is 4.74 Å². The summed E-state index contributed by atoms with van der Waals surface area (Å²) in [5, 5.41) is 2.80. The number of amides is 2. The fourth-order valence-corrected chi connectivity index (χ4v) is 2.79. The second-order valence-corrected chi connectivity index (χ2v) is 7.27. The van der Waals surface area contributed by atoms with E-state index in [1.807, 2.05) is 19.1 Å². The molecule has 28 heavy (non-hydrogen) atoms. The molecular weight excluding hydrogens is 427 g/mol. The van der Waals surface area contributed by atoms with Gasteiger partial charge in [-0.2, -0.15) is 0 Å². The summed E-state index contributed by atoms with van der Waals surface area (Å²) in [5.74, 6) is -0.359. The van der Waals surface area contributed by atoms with Crippen LogP contribution in [0.3, 0.4) is 0 Å². The highest BCUT2D eigenvalue weighted by Gasteiger charge is 2.26. The maximum absolute atomic E-state index is 13.2. The third kappa shape index (κ3) is 6.64. The molecule has 2 amide bonds. The van der Waals surface area contributed by atoms with Gasteiger partial charge in [0, 0.05) is 17.6 Å². The summed E-state index contributed by atoms with van der Waals surface area (Å²) >= 11 is 3.34. The average Bonchev–Trinajstić information content (AvgIpc) is 2.70. The van der Waals surface area contributed by atoms with Gasteiger partial charge in [0.05, 0.1) is 0 Å². The third-order valence-corrected chi connectivity index (χ3v) is 4.69. The molecule has 2 rings (SSSR count). The van der Waals surface area contributed by atoms with Gasteiger partial charge in [-0.15, -0.1) is 0 Å². The fraction of sp³-hybridized carbons (Fsp3) is 0.333. The lowest BCUT2D eigenvalue weighted by atomic mass is 10.1. The van der Waals surface area contributed by atoms with Crippen molar-refractivity contribution in [3.8, 4) is 5.75 Å². The molecule has 0 spiro atoms. The Morgan fingerprint density at radius 2 is 1.79 bits per heavy atom. The number of rotatable bonds is 9. The first kappa shape index (κ1) is 21.9. The zero-order valence-corrected chi connectivity index (χ0v) is 17.5. The predicted molar refractivity (Wildman–Crippen MR) is 109 cm³/mol. The third-order valence-electron chi connectivity index (χ3n) is 4.16. The summed E-state index contributed by atoms with van der Waals surface area (Å²) in [6.07, 6.45) is 0.803. The number of nitrogens with one attached hydrogen (secondary N) is 1. The highest BCUT2D eigenvalue weighted by Crippen LogP contribution is 2.17. The van der Waals surface area contributed by atoms with Gasteiger partial charge in [-0.1, -0.05) is 35.0 Å². The Balaban J connectivity index is 2.10. The number of hydrogen-bond donors (Lipinski definition) is 1. The maximum atomic E-state index is 13.2. The molecule has 1 atom stereocenters. The zero-order valence-electron chi connectivity index (χ0n) is 16.0. The Kier molecular flexibility index (Phi) is 8.44. The second-order valence-electron chi connectivity index (χ2n) is 6.36. The molecular formula is C21H24BrFN2O3. The number of benzene rings is 2. The Labute approximate surface area is 173 Å². The second kappa shape index (κ2) is 10.8. The SMILES string of the molecule is CCCNC(=O)C(C)N(Cc1ccc(F)cc1)C(=O)COc1ccc(Br)cc1. The van der Waals surface area contributed by atoms with Gasteiger partial charge in [0.15, 0.2) is 6.61 Å². The van der Waals surface area contributed by atoms with Crippen molar-refractivity contribution in [2.24, 2.45) is 0 Å². The highest BCUT2D eigenvalue weighted by atomic mass is 79.9. The minimum atomic E-state index is -0.683. The molecule has 0 bridgehead atoms. The Hall–Kier alpha value is -2.41. The monoisotopic (exact) mass is 450 g/mol. The molecule has 150 valence electrons. The van der Waals surface area contributed by atoms with Crippen LogP contribution in [0.1, 0.15) is 25.8 Å². The van der Waals surface area contributed by atoms with E-state index in [1.165, 1.54) is 17.0 Å². The number of ether oxygens (including phenoxy) is 1. The zero-order chi connectivity index (χ0) is 20.5. The number of nitrogens with zero attached hydrogens (tertiary/aromatic N) is 1. The molecule has 2 aromatic carbocycles. The molecule has 7 heteroatoms. The molecule has 0 saturated carbocycles. The summed E-state index contributed by atoms with van der Waals surface area (Å²) < 4.78 is 19.7. The highest BCUT2D eigenvalue weighted by molar-refractivity contribution is 9.10. The molecule has 1 N–H and O–H groups in total. The van der Waals surface area contributed by atoms with Gasteiger partial charge >= 0.3 is 0 Å². The van der Waals surface area contributed by atoms with Gasteiger partial charge in [-0.25, -0.2) is 4.39 Å². The summed E-state index contributed by atoms with van der Waals surface area (Å²) in [6, 6.07) is 12.3. The van der Waals surface area contributed by atoms with Crippen LogP contribution in [0.5, 0.6) is 5.75 Å². The van der Waals surface area contributed by atoms with E-state index in [9.17, 15) is 14.0 Å². The minimum Gasteiger partial charge on any atom is -0.484 e. The molecule has 1 unspecified atom stereocenters. The van der Waals surface area contributed by atoms with Crippen molar-refractivity contribution in [3.63, 3.8) is 0 Å². The predicted octanol–water partition coefficient (Wildman–Crippen LogP) is 3.91. The molecule has 0 aliphatic rings. The summed E-state index contributed by atoms with van der Waals surface area (Å²) in [5.41, 5.74) is 0.730. The van der Waals surface area contributed by atoms with Crippen LogP contribution in [0.25, 0.3) is 0 Å². The minimum absolute atomic E-state index is 0.184. The molecule has 0 fully saturated rings. The first-order valence-electron chi connectivity index (χ1n) is 9.10. The number of carbonyl (C=O) groups excluding carboxylic acids is 2. The van der Waals surface area contributed by atoms with Crippen molar-refractivity contribution in [1.82, 2.24) is 10.2 Å². The molecule has 0 saturated heterocycles. The van der Waals surface area contributed by atoms with Crippen LogP contribution in [0.15, 0.2) is 53.0 Å². The van der Waals surface area contributed by atoms with Crippen LogP contribution in [0.4, 0.5) is 4.39 Å². The average molecular weight is 451 g/mol. The number of carbonyl (C=O) groups is 2. The maximum Gasteiger partial charge on any atom is 0.261 e. The first-order valence-corrected chi connectivity index (χ1v) is 9.90. The Morgan fingerprint density at radius 1 is 1.14 bits per heavy atom. The van der Waals surface area contributed by atoms with E-state index >= 15 is 0 Å². The summed E-state index contributed by atoms with van der Waals surface area (Å²) in [6.45, 7) is 4.15.